The summed E-state index contributed by atoms with van der Waals surface area (Å²) in [6.45, 7) is 2.87. The van der Waals surface area contributed by atoms with Gasteiger partial charge in [0.25, 0.3) is 5.91 Å². The number of carbonyl (C=O) groups is 2. The summed E-state index contributed by atoms with van der Waals surface area (Å²) in [5.74, 6) is 0.234. The molecule has 1 fully saturated rings. The number of amides is 1. The molecule has 0 aliphatic carbocycles. The number of nitrogens with zero attached hydrogens (tertiary/aromatic N) is 3. The number of carbonyl (C=O) groups excluding carboxylic acids is 2. The Morgan fingerprint density at radius 3 is 2.59 bits per heavy atom. The molecule has 0 saturated carbocycles. The number of piperidine rings is 1. The van der Waals surface area contributed by atoms with Crippen LogP contribution < -0.4 is 0 Å². The molecule has 5 heteroatoms. The predicted molar refractivity (Wildman–Crippen MR) is 61.3 cm³/mol. The molecule has 0 aromatic carbocycles. The number of ketones is 1. The van der Waals surface area contributed by atoms with Crippen LogP contribution in [0.15, 0.2) is 18.3 Å². The first-order chi connectivity index (χ1) is 8.18. The number of aromatic nitrogens is 2. The molecule has 1 amide bonds. The highest BCUT2D eigenvalue weighted by molar-refractivity contribution is 5.92. The van der Waals surface area contributed by atoms with Gasteiger partial charge in [-0.2, -0.15) is 5.10 Å². The van der Waals surface area contributed by atoms with Gasteiger partial charge in [-0.05, 0) is 31.9 Å². The number of likely N-dealkylation sites (tertiary alicyclic amines) is 1. The van der Waals surface area contributed by atoms with Crippen LogP contribution in [0.5, 0.6) is 0 Å². The van der Waals surface area contributed by atoms with Crippen LogP contribution in [0.2, 0.25) is 0 Å². The van der Waals surface area contributed by atoms with Crippen molar-refractivity contribution in [1.82, 2.24) is 15.1 Å². The summed E-state index contributed by atoms with van der Waals surface area (Å²) >= 11 is 0. The summed E-state index contributed by atoms with van der Waals surface area (Å²) in [4.78, 5) is 25.0. The van der Waals surface area contributed by atoms with Gasteiger partial charge in [0.15, 0.2) is 5.69 Å². The van der Waals surface area contributed by atoms with Gasteiger partial charge in [-0.1, -0.05) is 0 Å². The fourth-order valence-corrected chi connectivity index (χ4v) is 2.07. The third-order valence-corrected chi connectivity index (χ3v) is 3.15. The average Bonchev–Trinajstić information content (AvgIpc) is 2.39. The molecule has 5 nitrogen and oxygen atoms in total. The Morgan fingerprint density at radius 1 is 1.35 bits per heavy atom. The van der Waals surface area contributed by atoms with E-state index in [1.54, 1.807) is 30.2 Å². The second-order valence-electron chi connectivity index (χ2n) is 4.29. The summed E-state index contributed by atoms with van der Waals surface area (Å²) in [5.41, 5.74) is 0.369. The van der Waals surface area contributed by atoms with Crippen molar-refractivity contribution in [1.29, 1.82) is 0 Å². The van der Waals surface area contributed by atoms with Crippen LogP contribution >= 0.6 is 0 Å². The van der Waals surface area contributed by atoms with Crippen LogP contribution in [0.25, 0.3) is 0 Å². The summed E-state index contributed by atoms with van der Waals surface area (Å²) in [5, 5.41) is 7.49. The van der Waals surface area contributed by atoms with E-state index in [1.807, 2.05) is 0 Å². The van der Waals surface area contributed by atoms with Gasteiger partial charge in [0.05, 0.1) is 0 Å². The molecule has 1 saturated heterocycles. The zero-order valence-electron chi connectivity index (χ0n) is 9.80. The lowest BCUT2D eigenvalue weighted by molar-refractivity contribution is -0.121. The quantitative estimate of drug-likeness (QED) is 0.762. The topological polar surface area (TPSA) is 63.2 Å². The van der Waals surface area contributed by atoms with Crippen molar-refractivity contribution in [3.8, 4) is 0 Å². The fraction of sp³-hybridized carbons (Fsp3) is 0.500. The second-order valence-corrected chi connectivity index (χ2v) is 4.29. The minimum absolute atomic E-state index is 0.0971. The van der Waals surface area contributed by atoms with E-state index in [4.69, 9.17) is 0 Å². The largest absolute Gasteiger partial charge is 0.337 e. The number of hydrogen-bond acceptors (Lipinski definition) is 4. The third kappa shape index (κ3) is 2.67. The predicted octanol–water partition coefficient (Wildman–Crippen LogP) is 0.918. The molecule has 2 heterocycles. The second kappa shape index (κ2) is 5.03. The molecule has 17 heavy (non-hydrogen) atoms. The molecule has 0 unspecified atom stereocenters. The molecule has 0 spiro atoms. The van der Waals surface area contributed by atoms with E-state index in [0.29, 0.717) is 18.8 Å². The third-order valence-electron chi connectivity index (χ3n) is 3.15. The Hall–Kier alpha value is -1.78. The molecule has 90 valence electrons. The molecule has 1 aliphatic rings. The SMILES string of the molecule is CC(=O)C1CCN(C(=O)c2cccnn2)CC1. The molecule has 1 aromatic heterocycles. The van der Waals surface area contributed by atoms with Gasteiger partial charge in [0.1, 0.15) is 5.78 Å². The van der Waals surface area contributed by atoms with E-state index in [-0.39, 0.29) is 17.6 Å². The van der Waals surface area contributed by atoms with E-state index in [1.165, 1.54) is 0 Å². The van der Waals surface area contributed by atoms with Crippen LogP contribution in [0, 0.1) is 5.92 Å². The van der Waals surface area contributed by atoms with Crippen molar-refractivity contribution in [2.24, 2.45) is 5.92 Å². The zero-order chi connectivity index (χ0) is 12.3. The smallest absolute Gasteiger partial charge is 0.274 e. The first kappa shape index (κ1) is 11.7. The van der Waals surface area contributed by atoms with Gasteiger partial charge in [-0.3, -0.25) is 9.59 Å². The molecule has 0 atom stereocenters. The summed E-state index contributed by atoms with van der Waals surface area (Å²) < 4.78 is 0. The van der Waals surface area contributed by atoms with E-state index in [0.717, 1.165) is 12.8 Å². The van der Waals surface area contributed by atoms with Crippen molar-refractivity contribution in [2.75, 3.05) is 13.1 Å². The zero-order valence-corrected chi connectivity index (χ0v) is 9.80. The van der Waals surface area contributed by atoms with E-state index < -0.39 is 0 Å². The number of rotatable bonds is 2. The lowest BCUT2D eigenvalue weighted by Gasteiger charge is -2.30. The highest BCUT2D eigenvalue weighted by Crippen LogP contribution is 2.19. The Kier molecular flexibility index (Phi) is 3.46. The van der Waals surface area contributed by atoms with Gasteiger partial charge in [0.2, 0.25) is 0 Å². The Morgan fingerprint density at radius 2 is 2.06 bits per heavy atom. The molecule has 0 bridgehead atoms. The molecule has 0 radical (unpaired) electrons. The van der Waals surface area contributed by atoms with Crippen LogP contribution in [0.3, 0.4) is 0 Å². The highest BCUT2D eigenvalue weighted by atomic mass is 16.2. The highest BCUT2D eigenvalue weighted by Gasteiger charge is 2.26. The minimum Gasteiger partial charge on any atom is -0.337 e. The van der Waals surface area contributed by atoms with E-state index in [9.17, 15) is 9.59 Å². The maximum atomic E-state index is 12.0. The average molecular weight is 233 g/mol. The Balaban J connectivity index is 1.98. The van der Waals surface area contributed by atoms with E-state index in [2.05, 4.69) is 10.2 Å². The molecular weight excluding hydrogens is 218 g/mol. The van der Waals surface area contributed by atoms with Gasteiger partial charge < -0.3 is 4.90 Å². The van der Waals surface area contributed by atoms with Gasteiger partial charge >= 0.3 is 0 Å². The summed E-state index contributed by atoms with van der Waals surface area (Å²) in [6, 6.07) is 3.36. The first-order valence-electron chi connectivity index (χ1n) is 5.76. The van der Waals surface area contributed by atoms with Crippen molar-refractivity contribution < 1.29 is 9.59 Å². The maximum Gasteiger partial charge on any atom is 0.274 e. The van der Waals surface area contributed by atoms with Crippen LogP contribution in [0.1, 0.15) is 30.3 Å². The lowest BCUT2D eigenvalue weighted by atomic mass is 9.93. The monoisotopic (exact) mass is 233 g/mol. The molecule has 1 aliphatic heterocycles. The number of Topliss-reactive ketones (excluding diaryl/α,β-unsaturated/α-hetero) is 1. The fourth-order valence-electron chi connectivity index (χ4n) is 2.07. The maximum absolute atomic E-state index is 12.0. The van der Waals surface area contributed by atoms with Crippen molar-refractivity contribution >= 4 is 11.7 Å². The summed E-state index contributed by atoms with van der Waals surface area (Å²) in [7, 11) is 0. The molecule has 0 N–H and O–H groups in total. The van der Waals surface area contributed by atoms with E-state index >= 15 is 0 Å². The number of hydrogen-bond donors (Lipinski definition) is 0. The minimum atomic E-state index is -0.0971. The molecule has 2 rings (SSSR count). The first-order valence-corrected chi connectivity index (χ1v) is 5.76. The summed E-state index contributed by atoms with van der Waals surface area (Å²) in [6.07, 6.45) is 3.04. The van der Waals surface area contributed by atoms with Gasteiger partial charge in [-0.25, -0.2) is 0 Å². The van der Waals surface area contributed by atoms with Gasteiger partial charge in [-0.15, -0.1) is 5.10 Å². The molecule has 1 aromatic rings. The lowest BCUT2D eigenvalue weighted by Crippen LogP contribution is -2.40. The standard InChI is InChI=1S/C12H15N3O2/c1-9(16)10-4-7-15(8-5-10)12(17)11-3-2-6-13-14-11/h2-3,6,10H,4-5,7-8H2,1H3. The Labute approximate surface area is 99.8 Å². The van der Waals surface area contributed by atoms with Gasteiger partial charge in [0, 0.05) is 25.2 Å². The van der Waals surface area contributed by atoms with Crippen molar-refractivity contribution in [2.45, 2.75) is 19.8 Å². The van der Waals surface area contributed by atoms with Crippen molar-refractivity contribution in [3.63, 3.8) is 0 Å². The van der Waals surface area contributed by atoms with Crippen LogP contribution in [-0.2, 0) is 4.79 Å². The van der Waals surface area contributed by atoms with Crippen LogP contribution in [0.4, 0.5) is 0 Å². The Bertz CT molecular complexity index is 411. The van der Waals surface area contributed by atoms with Crippen molar-refractivity contribution in [3.05, 3.63) is 24.0 Å². The normalized spacial score (nSPS) is 16.9. The molecular formula is C12H15N3O2. The van der Waals surface area contributed by atoms with Crippen LogP contribution in [-0.4, -0.2) is 39.9 Å².